The monoisotopic (exact) mass is 778 g/mol. The van der Waals surface area contributed by atoms with Crippen LogP contribution in [0, 0.1) is 0 Å². The number of piperidine rings is 1. The zero-order chi connectivity index (χ0) is 39.3. The van der Waals surface area contributed by atoms with Crippen molar-refractivity contribution in [1.29, 1.82) is 0 Å². The van der Waals surface area contributed by atoms with Crippen molar-refractivity contribution in [3.05, 3.63) is 100 Å². The Bertz CT molecular complexity index is 2150. The molecule has 2 unspecified atom stereocenters. The number of aromatic hydroxyl groups is 1. The highest BCUT2D eigenvalue weighted by Crippen LogP contribution is 2.45. The number of phenols is 1. The maximum Gasteiger partial charge on any atom is 0.255 e. The summed E-state index contributed by atoms with van der Waals surface area (Å²) in [7, 11) is 0. The number of piperazine rings is 1. The molecule has 0 radical (unpaired) electrons. The molecule has 3 aliphatic rings. The van der Waals surface area contributed by atoms with Crippen LogP contribution in [0.4, 0.5) is 0 Å². The van der Waals surface area contributed by atoms with Gasteiger partial charge in [0.2, 0.25) is 11.8 Å². The minimum atomic E-state index is -0.586. The highest BCUT2D eigenvalue weighted by atomic mass is 32.1. The largest absolute Gasteiger partial charge is 0.513 e. The van der Waals surface area contributed by atoms with E-state index in [0.717, 1.165) is 83.8 Å². The first-order valence-electron chi connectivity index (χ1n) is 19.5. The molecule has 1 aromatic heterocycles. The lowest BCUT2D eigenvalue weighted by molar-refractivity contribution is -0.136. The third kappa shape index (κ3) is 9.09. The number of fused-ring (bicyclic) bond motifs is 2. The van der Waals surface area contributed by atoms with E-state index in [2.05, 4.69) is 28.1 Å². The van der Waals surface area contributed by atoms with Crippen LogP contribution in [0.5, 0.6) is 23.0 Å². The van der Waals surface area contributed by atoms with Crippen LogP contribution in [-0.2, 0) is 22.6 Å². The average Bonchev–Trinajstić information content (AvgIpc) is 3.71. The summed E-state index contributed by atoms with van der Waals surface area (Å²) in [6, 6.07) is 18.7. The van der Waals surface area contributed by atoms with Crippen molar-refractivity contribution in [2.45, 2.75) is 71.5 Å². The van der Waals surface area contributed by atoms with Gasteiger partial charge >= 0.3 is 0 Å². The number of allylic oxidation sites excluding steroid dienone is 4. The van der Waals surface area contributed by atoms with Gasteiger partial charge in [-0.05, 0) is 124 Å². The Kier molecular flexibility index (Phi) is 12.1. The number of aliphatic hydroxyl groups is 1. The molecular weight excluding hydrogens is 729 g/mol. The molecule has 7 rings (SSSR count). The molecule has 56 heavy (non-hydrogen) atoms. The Morgan fingerprint density at radius 3 is 2.48 bits per heavy atom. The van der Waals surface area contributed by atoms with Crippen molar-refractivity contribution in [3.8, 4) is 23.0 Å². The van der Waals surface area contributed by atoms with Crippen molar-refractivity contribution in [3.63, 3.8) is 0 Å². The summed E-state index contributed by atoms with van der Waals surface area (Å²) < 4.78 is 13.6. The van der Waals surface area contributed by atoms with Crippen LogP contribution in [0.1, 0.15) is 72.8 Å². The van der Waals surface area contributed by atoms with E-state index in [1.807, 2.05) is 55.5 Å². The summed E-state index contributed by atoms with van der Waals surface area (Å²) in [5.74, 6) is 1.81. The summed E-state index contributed by atoms with van der Waals surface area (Å²) in [6.07, 6.45) is 7.25. The fraction of sp³-hybridized carbons (Fsp3) is 0.386. The number of aryl methyl sites for hydroxylation is 1. The quantitative estimate of drug-likeness (QED) is 0.0518. The number of thiophene rings is 1. The topological polar surface area (TPSA) is 132 Å². The maximum absolute atomic E-state index is 13.0. The lowest BCUT2D eigenvalue weighted by atomic mass is 10.0. The molecule has 2 saturated heterocycles. The predicted molar refractivity (Wildman–Crippen MR) is 218 cm³/mol. The van der Waals surface area contributed by atoms with Crippen LogP contribution in [0.3, 0.4) is 0 Å². The van der Waals surface area contributed by atoms with Crippen LogP contribution in [0.25, 0.3) is 15.7 Å². The zero-order valence-electron chi connectivity index (χ0n) is 32.3. The van der Waals surface area contributed by atoms with Crippen molar-refractivity contribution in [2.24, 2.45) is 0 Å². The number of imide groups is 1. The lowest BCUT2D eigenvalue weighted by Crippen LogP contribution is -2.52. The van der Waals surface area contributed by atoms with Crippen LogP contribution in [-0.4, -0.2) is 94.0 Å². The summed E-state index contributed by atoms with van der Waals surface area (Å²) in [4.78, 5) is 44.5. The first-order valence-corrected chi connectivity index (χ1v) is 20.3. The number of phenolic OH excluding ortho intramolecular Hbond substituents is 1. The van der Waals surface area contributed by atoms with E-state index < -0.39 is 6.04 Å². The number of unbranched alkanes of at least 4 members (excludes halogenated alkanes) is 1. The molecule has 0 bridgehead atoms. The minimum absolute atomic E-state index is 0.129. The highest BCUT2D eigenvalue weighted by molar-refractivity contribution is 7.20. The van der Waals surface area contributed by atoms with Gasteiger partial charge in [0.05, 0.1) is 10.6 Å². The van der Waals surface area contributed by atoms with Gasteiger partial charge in [-0.25, -0.2) is 0 Å². The summed E-state index contributed by atoms with van der Waals surface area (Å²) >= 11 is 1.53. The van der Waals surface area contributed by atoms with Gasteiger partial charge in [0.1, 0.15) is 29.9 Å². The summed E-state index contributed by atoms with van der Waals surface area (Å²) in [6.45, 7) is 11.9. The number of hydrogen-bond donors (Lipinski definition) is 3. The number of nitrogens with zero attached hydrogens (tertiary/aromatic N) is 3. The van der Waals surface area contributed by atoms with Gasteiger partial charge in [-0.3, -0.25) is 24.6 Å². The molecule has 0 aliphatic carbocycles. The number of carbonyl (C=O) groups excluding carboxylic acids is 3. The van der Waals surface area contributed by atoms with E-state index in [4.69, 9.17) is 9.47 Å². The first-order chi connectivity index (χ1) is 27.0. The molecule has 4 heterocycles. The number of aliphatic hydroxyl groups excluding tert-OH is 1. The molecular formula is C44H50N4O7S. The van der Waals surface area contributed by atoms with E-state index in [0.29, 0.717) is 36.6 Å². The van der Waals surface area contributed by atoms with Crippen molar-refractivity contribution in [2.75, 3.05) is 39.3 Å². The number of ether oxygens (including phenoxy) is 2. The van der Waals surface area contributed by atoms with E-state index in [9.17, 15) is 24.6 Å². The summed E-state index contributed by atoms with van der Waals surface area (Å²) in [5, 5.41) is 23.0. The minimum Gasteiger partial charge on any atom is -0.513 e. The Morgan fingerprint density at radius 2 is 1.73 bits per heavy atom. The van der Waals surface area contributed by atoms with Gasteiger partial charge in [0, 0.05) is 60.8 Å². The molecule has 3 aromatic carbocycles. The molecule has 12 heteroatoms. The van der Waals surface area contributed by atoms with Crippen LogP contribution in [0.15, 0.2) is 78.6 Å². The molecule has 3 N–H and O–H groups in total. The van der Waals surface area contributed by atoms with E-state index in [1.165, 1.54) is 16.9 Å². The summed E-state index contributed by atoms with van der Waals surface area (Å²) in [5.41, 5.74) is 3.78. The number of rotatable bonds is 14. The van der Waals surface area contributed by atoms with Gasteiger partial charge in [-0.2, -0.15) is 0 Å². The molecule has 0 spiro atoms. The molecule has 2 fully saturated rings. The van der Waals surface area contributed by atoms with Crippen molar-refractivity contribution >= 4 is 44.7 Å². The predicted octanol–water partition coefficient (Wildman–Crippen LogP) is 7.43. The van der Waals surface area contributed by atoms with E-state index >= 15 is 0 Å². The maximum atomic E-state index is 13.0. The number of hydrogen-bond acceptors (Lipinski definition) is 10. The van der Waals surface area contributed by atoms with Crippen molar-refractivity contribution < 1.29 is 34.1 Å². The average molecular weight is 779 g/mol. The fourth-order valence-electron chi connectivity index (χ4n) is 7.66. The Balaban J connectivity index is 0.832. The first kappa shape index (κ1) is 39.1. The van der Waals surface area contributed by atoms with Gasteiger partial charge in [-0.1, -0.05) is 18.2 Å². The normalized spacial score (nSPS) is 19.0. The number of benzene rings is 3. The van der Waals surface area contributed by atoms with Gasteiger partial charge < -0.3 is 29.5 Å². The van der Waals surface area contributed by atoms with Gasteiger partial charge in [0.15, 0.2) is 5.75 Å². The third-order valence-corrected chi connectivity index (χ3v) is 12.2. The Hall–Kier alpha value is -5.17. The van der Waals surface area contributed by atoms with Crippen LogP contribution < -0.4 is 14.8 Å². The molecule has 3 amide bonds. The van der Waals surface area contributed by atoms with Gasteiger partial charge in [-0.15, -0.1) is 11.3 Å². The molecule has 0 saturated carbocycles. The molecule has 2 atom stereocenters. The Morgan fingerprint density at radius 1 is 0.964 bits per heavy atom. The third-order valence-electron chi connectivity index (χ3n) is 10.9. The van der Waals surface area contributed by atoms with Crippen molar-refractivity contribution in [1.82, 2.24) is 20.0 Å². The van der Waals surface area contributed by atoms with Crippen LogP contribution >= 0.6 is 11.3 Å². The Labute approximate surface area is 331 Å². The standard InChI is InChI=1S/C44H50N4O7S/c1-28(7-8-30(3)49)42-41(37-16-10-33(50)25-39(37)56-42)55-35-13-11-34(12-14-35)54-27-29(2)47-22-20-46(21-23-47)19-5-4-6-31-9-15-36-32(24-31)26-48(44(36)53)38-17-18-40(51)45-43(38)52/h7-16,24-25,29,38,49-50H,4-6,17-23,26-27H2,1-3H3,(H,45,51,52)/b28-7+,30-8+. The van der Waals surface area contributed by atoms with E-state index in [1.54, 1.807) is 30.0 Å². The van der Waals surface area contributed by atoms with Crippen LogP contribution in [0.2, 0.25) is 0 Å². The lowest BCUT2D eigenvalue weighted by Gasteiger charge is -2.38. The molecule has 4 aromatic rings. The number of nitrogens with one attached hydrogen (secondary N) is 1. The van der Waals surface area contributed by atoms with E-state index in [-0.39, 0.29) is 41.7 Å². The number of amides is 3. The molecule has 3 aliphatic heterocycles. The number of carbonyl (C=O) groups is 3. The zero-order valence-corrected chi connectivity index (χ0v) is 33.1. The van der Waals surface area contributed by atoms with Gasteiger partial charge in [0.25, 0.3) is 5.91 Å². The fourth-order valence-corrected chi connectivity index (χ4v) is 8.81. The molecule has 294 valence electrons. The molecule has 11 nitrogen and oxygen atoms in total. The second-order valence-electron chi connectivity index (χ2n) is 15.1. The second-order valence-corrected chi connectivity index (χ2v) is 16.1. The highest BCUT2D eigenvalue weighted by Gasteiger charge is 2.39. The second kappa shape index (κ2) is 17.3. The SMILES string of the molecule is C/C(O)=C\C=C(/C)c1sc2cc(O)ccc2c1Oc1ccc(OCC(C)N2CCN(CCCCc3ccc4c(c3)CN(C3CCC(=O)NC3=O)C4=O)CC2)cc1. The smallest absolute Gasteiger partial charge is 0.255 e.